The van der Waals surface area contributed by atoms with Gasteiger partial charge in [-0.25, -0.2) is 0 Å². The molecule has 3 heterocycles. The van der Waals surface area contributed by atoms with Gasteiger partial charge in [-0.3, -0.25) is 9.38 Å². The van der Waals surface area contributed by atoms with Crippen LogP contribution in [0.4, 0.5) is 0 Å². The Labute approximate surface area is 87.5 Å². The fourth-order valence-corrected chi connectivity index (χ4v) is 2.09. The van der Waals surface area contributed by atoms with E-state index in [1.165, 1.54) is 12.8 Å². The summed E-state index contributed by atoms with van der Waals surface area (Å²) in [5.41, 5.74) is 0.825. The maximum Gasteiger partial charge on any atom is 0.179 e. The first kappa shape index (κ1) is 8.79. The molecule has 1 atom stereocenters. The van der Waals surface area contributed by atoms with Crippen LogP contribution in [0.25, 0.3) is 5.65 Å². The molecule has 0 aromatic carbocycles. The van der Waals surface area contributed by atoms with Gasteiger partial charge in [0, 0.05) is 24.9 Å². The Bertz CT molecular complexity index is 458. The standard InChI is InChI=1S/C10H13N5/c1-2-8(12-3-1)6-9-13-14-10-7-11-4-5-15(9)10/h4-5,7-8,12H,1-3,6H2. The van der Waals surface area contributed by atoms with Gasteiger partial charge in [0.2, 0.25) is 0 Å². The highest BCUT2D eigenvalue weighted by Crippen LogP contribution is 2.11. The largest absolute Gasteiger partial charge is 0.314 e. The van der Waals surface area contributed by atoms with Gasteiger partial charge < -0.3 is 5.32 Å². The third-order valence-corrected chi connectivity index (χ3v) is 2.88. The number of hydrogen-bond donors (Lipinski definition) is 1. The van der Waals surface area contributed by atoms with Gasteiger partial charge in [-0.1, -0.05) is 0 Å². The lowest BCUT2D eigenvalue weighted by atomic mass is 10.1. The number of fused-ring (bicyclic) bond motifs is 1. The molecule has 5 nitrogen and oxygen atoms in total. The maximum absolute atomic E-state index is 4.19. The van der Waals surface area contributed by atoms with Crippen LogP contribution in [0.2, 0.25) is 0 Å². The summed E-state index contributed by atoms with van der Waals surface area (Å²) in [5.74, 6) is 1.02. The van der Waals surface area contributed by atoms with Crippen molar-refractivity contribution in [3.8, 4) is 0 Å². The Morgan fingerprint density at radius 2 is 2.47 bits per heavy atom. The second-order valence-corrected chi connectivity index (χ2v) is 3.92. The molecule has 0 bridgehead atoms. The molecule has 0 aliphatic carbocycles. The van der Waals surface area contributed by atoms with E-state index in [-0.39, 0.29) is 0 Å². The van der Waals surface area contributed by atoms with Crippen molar-refractivity contribution in [3.63, 3.8) is 0 Å². The van der Waals surface area contributed by atoms with E-state index in [0.29, 0.717) is 6.04 Å². The van der Waals surface area contributed by atoms with Crippen LogP contribution in [-0.2, 0) is 6.42 Å². The second kappa shape index (κ2) is 3.58. The van der Waals surface area contributed by atoms with Crippen LogP contribution in [-0.4, -0.2) is 32.2 Å². The first-order valence-corrected chi connectivity index (χ1v) is 5.30. The molecule has 0 saturated carbocycles. The number of nitrogens with zero attached hydrogens (tertiary/aromatic N) is 4. The third kappa shape index (κ3) is 1.59. The lowest BCUT2D eigenvalue weighted by Crippen LogP contribution is -2.24. The fraction of sp³-hybridized carbons (Fsp3) is 0.500. The molecule has 0 spiro atoms. The van der Waals surface area contributed by atoms with Crippen molar-refractivity contribution in [2.24, 2.45) is 0 Å². The number of hydrogen-bond acceptors (Lipinski definition) is 4. The summed E-state index contributed by atoms with van der Waals surface area (Å²) < 4.78 is 2.01. The predicted molar refractivity (Wildman–Crippen MR) is 55.5 cm³/mol. The molecule has 1 N–H and O–H groups in total. The zero-order valence-electron chi connectivity index (χ0n) is 8.43. The number of rotatable bonds is 2. The van der Waals surface area contributed by atoms with Gasteiger partial charge in [-0.05, 0) is 19.4 Å². The second-order valence-electron chi connectivity index (χ2n) is 3.92. The van der Waals surface area contributed by atoms with Crippen LogP contribution < -0.4 is 5.32 Å². The molecular weight excluding hydrogens is 190 g/mol. The highest BCUT2D eigenvalue weighted by Gasteiger charge is 2.17. The minimum atomic E-state index is 0.561. The van der Waals surface area contributed by atoms with Gasteiger partial charge in [-0.15, -0.1) is 10.2 Å². The van der Waals surface area contributed by atoms with Gasteiger partial charge >= 0.3 is 0 Å². The molecule has 1 unspecified atom stereocenters. The van der Waals surface area contributed by atoms with Crippen LogP contribution in [0.5, 0.6) is 0 Å². The molecule has 78 valence electrons. The normalized spacial score (nSPS) is 21.2. The monoisotopic (exact) mass is 203 g/mol. The maximum atomic E-state index is 4.19. The topological polar surface area (TPSA) is 55.1 Å². The van der Waals surface area contributed by atoms with Crippen molar-refractivity contribution < 1.29 is 0 Å². The van der Waals surface area contributed by atoms with Gasteiger partial charge in [-0.2, -0.15) is 0 Å². The molecule has 0 amide bonds. The van der Waals surface area contributed by atoms with Crippen molar-refractivity contribution in [3.05, 3.63) is 24.4 Å². The van der Waals surface area contributed by atoms with Crippen molar-refractivity contribution in [2.75, 3.05) is 6.54 Å². The SMILES string of the molecule is c1cn2c(CC3CCCN3)nnc2cn1. The molecule has 3 rings (SSSR count). The van der Waals surface area contributed by atoms with E-state index in [0.717, 1.165) is 24.4 Å². The minimum Gasteiger partial charge on any atom is -0.314 e. The Morgan fingerprint density at radius 1 is 1.47 bits per heavy atom. The van der Waals surface area contributed by atoms with Crippen molar-refractivity contribution in [1.82, 2.24) is 24.9 Å². The molecule has 1 saturated heterocycles. The van der Waals surface area contributed by atoms with Crippen LogP contribution >= 0.6 is 0 Å². The van der Waals surface area contributed by atoms with Crippen molar-refractivity contribution >= 4 is 5.65 Å². The molecule has 1 aliphatic heterocycles. The Hall–Kier alpha value is -1.49. The summed E-state index contributed by atoms with van der Waals surface area (Å²) >= 11 is 0. The van der Waals surface area contributed by atoms with Gasteiger partial charge in [0.25, 0.3) is 0 Å². The van der Waals surface area contributed by atoms with E-state index >= 15 is 0 Å². The molecular formula is C10H13N5. The molecule has 0 radical (unpaired) electrons. The molecule has 1 aliphatic rings. The van der Waals surface area contributed by atoms with Gasteiger partial charge in [0.1, 0.15) is 5.82 Å². The summed E-state index contributed by atoms with van der Waals surface area (Å²) in [7, 11) is 0. The molecule has 1 fully saturated rings. The summed E-state index contributed by atoms with van der Waals surface area (Å²) in [6.07, 6.45) is 8.87. The lowest BCUT2D eigenvalue weighted by Gasteiger charge is -2.07. The van der Waals surface area contributed by atoms with Crippen LogP contribution in [0.3, 0.4) is 0 Å². The number of nitrogens with one attached hydrogen (secondary N) is 1. The smallest absolute Gasteiger partial charge is 0.179 e. The van der Waals surface area contributed by atoms with Crippen LogP contribution in [0.15, 0.2) is 18.6 Å². The molecule has 15 heavy (non-hydrogen) atoms. The Morgan fingerprint density at radius 3 is 3.33 bits per heavy atom. The van der Waals surface area contributed by atoms with Crippen molar-refractivity contribution in [2.45, 2.75) is 25.3 Å². The number of aromatic nitrogens is 4. The zero-order valence-corrected chi connectivity index (χ0v) is 8.43. The van der Waals surface area contributed by atoms with Gasteiger partial charge in [0.15, 0.2) is 5.65 Å². The Kier molecular flexibility index (Phi) is 2.10. The van der Waals surface area contributed by atoms with Crippen LogP contribution in [0.1, 0.15) is 18.7 Å². The van der Waals surface area contributed by atoms with E-state index in [4.69, 9.17) is 0 Å². The third-order valence-electron chi connectivity index (χ3n) is 2.88. The van der Waals surface area contributed by atoms with Crippen molar-refractivity contribution in [1.29, 1.82) is 0 Å². The predicted octanol–water partition coefficient (Wildman–Crippen LogP) is 0.419. The quantitative estimate of drug-likeness (QED) is 0.768. The van der Waals surface area contributed by atoms with E-state index in [1.54, 1.807) is 12.4 Å². The van der Waals surface area contributed by atoms with Gasteiger partial charge in [0.05, 0.1) is 6.20 Å². The first-order valence-electron chi connectivity index (χ1n) is 5.30. The first-order chi connectivity index (χ1) is 7.43. The van der Waals surface area contributed by atoms with E-state index in [1.807, 2.05) is 10.6 Å². The highest BCUT2D eigenvalue weighted by atomic mass is 15.3. The average molecular weight is 203 g/mol. The highest BCUT2D eigenvalue weighted by molar-refractivity contribution is 5.33. The zero-order chi connectivity index (χ0) is 10.1. The summed E-state index contributed by atoms with van der Waals surface area (Å²) in [6, 6.07) is 0.561. The summed E-state index contributed by atoms with van der Waals surface area (Å²) in [4.78, 5) is 4.02. The fourth-order valence-electron chi connectivity index (χ4n) is 2.09. The van der Waals surface area contributed by atoms with E-state index < -0.39 is 0 Å². The summed E-state index contributed by atoms with van der Waals surface area (Å²) in [5, 5.41) is 11.7. The van der Waals surface area contributed by atoms with E-state index in [2.05, 4.69) is 20.5 Å². The lowest BCUT2D eigenvalue weighted by molar-refractivity contribution is 0.582. The minimum absolute atomic E-state index is 0.561. The Balaban J connectivity index is 1.90. The summed E-state index contributed by atoms with van der Waals surface area (Å²) in [6.45, 7) is 1.13. The molecule has 2 aromatic heterocycles. The average Bonchev–Trinajstić information content (AvgIpc) is 2.89. The molecule has 2 aromatic rings. The van der Waals surface area contributed by atoms with E-state index in [9.17, 15) is 0 Å². The molecule has 5 heteroatoms. The van der Waals surface area contributed by atoms with Crippen LogP contribution in [0, 0.1) is 0 Å².